The Morgan fingerprint density at radius 3 is 1.80 bits per heavy atom. The molecular weight excluding hydrogens is 671 g/mol. The maximum atomic E-state index is 13.6. The Morgan fingerprint density at radius 2 is 1.24 bits per heavy atom. The van der Waals surface area contributed by atoms with Crippen LogP contribution in [0.3, 0.4) is 0 Å². The molecule has 0 fully saturated rings. The van der Waals surface area contributed by atoms with Gasteiger partial charge >= 0.3 is 5.69 Å². The molecule has 2 aromatic heterocycles. The number of unbranched alkanes of at least 4 members (excludes halogenated alkanes) is 1. The lowest BCUT2D eigenvalue weighted by molar-refractivity contribution is 0.268. The van der Waals surface area contributed by atoms with Gasteiger partial charge in [0.1, 0.15) is 5.82 Å². The molecule has 0 bridgehead atoms. The largest absolute Gasteiger partial charge is 0.396 e. The predicted octanol–water partition coefficient (Wildman–Crippen LogP) is 8.32. The van der Waals surface area contributed by atoms with Gasteiger partial charge in [-0.1, -0.05) is 166 Å². The third-order valence-corrected chi connectivity index (χ3v) is 10.2. The fraction of sp³-hybridized carbons (Fsp3) is 0.267. The van der Waals surface area contributed by atoms with Gasteiger partial charge in [0, 0.05) is 24.6 Å². The van der Waals surface area contributed by atoms with E-state index in [0.717, 1.165) is 70.5 Å². The first-order valence-corrected chi connectivity index (χ1v) is 19.0. The Labute approximate surface area is 316 Å². The van der Waals surface area contributed by atoms with Crippen LogP contribution in [0.25, 0.3) is 22.5 Å². The standard InChI is InChI=1S/C45H47N7O2/c1-3-5-31-51-44(54)50(43(48-51)36(17-4-2)30-32-53)33-34-26-28-35(29-27-34)40-24-15-16-25-41(40)42-46-49-52(47-42)45(37-18-9-6-10-19-37,38-20-11-7-12-21-38)39-22-13-8-14-23-39/h6-16,18-29,36,53H,3-5,17,30-33H2,1-2H3. The molecule has 1 N–H and O–H groups in total. The van der Waals surface area contributed by atoms with Crippen molar-refractivity contribution in [1.29, 1.82) is 0 Å². The molecule has 0 amide bonds. The van der Waals surface area contributed by atoms with Gasteiger partial charge in [0.25, 0.3) is 0 Å². The summed E-state index contributed by atoms with van der Waals surface area (Å²) in [6.45, 7) is 5.29. The molecule has 0 aliphatic heterocycles. The van der Waals surface area contributed by atoms with E-state index in [1.165, 1.54) is 0 Å². The average Bonchev–Trinajstić information content (AvgIpc) is 3.84. The van der Waals surface area contributed by atoms with E-state index in [4.69, 9.17) is 20.5 Å². The van der Waals surface area contributed by atoms with Crippen LogP contribution in [0.4, 0.5) is 0 Å². The highest BCUT2D eigenvalue weighted by Gasteiger charge is 2.41. The first kappa shape index (κ1) is 36.4. The van der Waals surface area contributed by atoms with Crippen LogP contribution in [0.15, 0.2) is 144 Å². The van der Waals surface area contributed by atoms with Crippen LogP contribution in [0.1, 0.15) is 79.9 Å². The number of benzene rings is 5. The molecule has 0 saturated heterocycles. The molecule has 9 heteroatoms. The fourth-order valence-electron chi connectivity index (χ4n) is 7.52. The van der Waals surface area contributed by atoms with Crippen molar-refractivity contribution in [3.63, 3.8) is 0 Å². The van der Waals surface area contributed by atoms with E-state index in [1.807, 2.05) is 72.8 Å². The summed E-state index contributed by atoms with van der Waals surface area (Å²) in [4.78, 5) is 15.4. The second-order valence-electron chi connectivity index (χ2n) is 13.8. The van der Waals surface area contributed by atoms with Gasteiger partial charge in [-0.2, -0.15) is 5.10 Å². The Balaban J connectivity index is 1.26. The summed E-state index contributed by atoms with van der Waals surface area (Å²) in [5.41, 5.74) is 5.92. The van der Waals surface area contributed by atoms with E-state index in [2.05, 4.69) is 80.6 Å². The monoisotopic (exact) mass is 717 g/mol. The van der Waals surface area contributed by atoms with Gasteiger partial charge in [0.2, 0.25) is 5.82 Å². The molecule has 7 aromatic rings. The molecule has 5 aromatic carbocycles. The quantitative estimate of drug-likeness (QED) is 0.101. The number of hydrogen-bond acceptors (Lipinski definition) is 6. The third kappa shape index (κ3) is 7.19. The summed E-state index contributed by atoms with van der Waals surface area (Å²) in [6.07, 6.45) is 4.25. The highest BCUT2D eigenvalue weighted by atomic mass is 16.3. The first-order valence-electron chi connectivity index (χ1n) is 19.0. The summed E-state index contributed by atoms with van der Waals surface area (Å²) in [5, 5.41) is 29.3. The molecule has 0 spiro atoms. The zero-order valence-corrected chi connectivity index (χ0v) is 31.0. The molecule has 2 heterocycles. The van der Waals surface area contributed by atoms with E-state index in [1.54, 1.807) is 14.0 Å². The summed E-state index contributed by atoms with van der Waals surface area (Å²) < 4.78 is 3.40. The van der Waals surface area contributed by atoms with Gasteiger partial charge in [-0.25, -0.2) is 9.48 Å². The van der Waals surface area contributed by atoms with E-state index in [9.17, 15) is 9.90 Å². The second kappa shape index (κ2) is 16.8. The van der Waals surface area contributed by atoms with Crippen molar-refractivity contribution in [2.75, 3.05) is 6.61 Å². The molecular formula is C45H47N7O2. The number of aliphatic hydroxyl groups excluding tert-OH is 1. The zero-order valence-electron chi connectivity index (χ0n) is 31.0. The Morgan fingerprint density at radius 1 is 0.667 bits per heavy atom. The summed E-state index contributed by atoms with van der Waals surface area (Å²) in [6, 6.07) is 47.4. The second-order valence-corrected chi connectivity index (χ2v) is 13.8. The number of aliphatic hydroxyl groups is 1. The van der Waals surface area contributed by atoms with Crippen molar-refractivity contribution in [2.24, 2.45) is 0 Å². The number of aryl methyl sites for hydroxylation is 1. The van der Waals surface area contributed by atoms with Crippen molar-refractivity contribution >= 4 is 0 Å². The molecule has 7 rings (SSSR count). The van der Waals surface area contributed by atoms with Gasteiger partial charge < -0.3 is 5.11 Å². The zero-order chi connectivity index (χ0) is 37.3. The third-order valence-electron chi connectivity index (χ3n) is 10.2. The average molecular weight is 718 g/mol. The number of aromatic nitrogens is 7. The maximum absolute atomic E-state index is 13.6. The van der Waals surface area contributed by atoms with Crippen molar-refractivity contribution in [1.82, 2.24) is 34.6 Å². The molecule has 9 nitrogen and oxygen atoms in total. The number of rotatable bonds is 16. The maximum Gasteiger partial charge on any atom is 0.346 e. The van der Waals surface area contributed by atoms with E-state index < -0.39 is 5.54 Å². The summed E-state index contributed by atoms with van der Waals surface area (Å²) in [7, 11) is 0. The van der Waals surface area contributed by atoms with Gasteiger partial charge in [0.15, 0.2) is 5.54 Å². The summed E-state index contributed by atoms with van der Waals surface area (Å²) >= 11 is 0. The fourth-order valence-corrected chi connectivity index (χ4v) is 7.52. The molecule has 274 valence electrons. The van der Waals surface area contributed by atoms with Gasteiger partial charge in [-0.05, 0) is 57.9 Å². The number of nitrogens with zero attached hydrogens (tertiary/aromatic N) is 7. The highest BCUT2D eigenvalue weighted by Crippen LogP contribution is 2.40. The molecule has 0 saturated carbocycles. The minimum Gasteiger partial charge on any atom is -0.396 e. The first-order chi connectivity index (χ1) is 26.6. The van der Waals surface area contributed by atoms with E-state index in [-0.39, 0.29) is 18.2 Å². The molecule has 0 radical (unpaired) electrons. The number of tetrazole rings is 1. The summed E-state index contributed by atoms with van der Waals surface area (Å²) in [5.74, 6) is 1.30. The van der Waals surface area contributed by atoms with Crippen molar-refractivity contribution in [2.45, 2.75) is 70.5 Å². The SMILES string of the molecule is CCCCn1nc(C(CCC)CCO)n(Cc2ccc(-c3ccccc3-c3nnn(C(c4ccccc4)(c4ccccc4)c4ccccc4)n3)cc2)c1=O. The van der Waals surface area contributed by atoms with E-state index >= 15 is 0 Å². The van der Waals surface area contributed by atoms with Gasteiger partial charge in [-0.3, -0.25) is 4.57 Å². The van der Waals surface area contributed by atoms with Crippen LogP contribution in [0.2, 0.25) is 0 Å². The minimum atomic E-state index is -0.875. The minimum absolute atomic E-state index is 0.0204. The van der Waals surface area contributed by atoms with Crippen LogP contribution in [-0.2, 0) is 18.6 Å². The van der Waals surface area contributed by atoms with Gasteiger partial charge in [0.05, 0.1) is 6.54 Å². The van der Waals surface area contributed by atoms with Crippen LogP contribution < -0.4 is 5.69 Å². The normalized spacial score (nSPS) is 12.2. The van der Waals surface area contributed by atoms with Crippen molar-refractivity contribution in [3.05, 3.63) is 178 Å². The molecule has 0 aliphatic rings. The van der Waals surface area contributed by atoms with Crippen LogP contribution in [0, 0.1) is 0 Å². The van der Waals surface area contributed by atoms with E-state index in [0.29, 0.717) is 25.3 Å². The molecule has 1 unspecified atom stereocenters. The van der Waals surface area contributed by atoms with Crippen LogP contribution in [0.5, 0.6) is 0 Å². The van der Waals surface area contributed by atoms with Crippen LogP contribution >= 0.6 is 0 Å². The number of hydrogen-bond donors (Lipinski definition) is 1. The smallest absolute Gasteiger partial charge is 0.346 e. The Bertz CT molecular complexity index is 2190. The molecule has 1 atom stereocenters. The Kier molecular flexibility index (Phi) is 11.3. The lowest BCUT2D eigenvalue weighted by Crippen LogP contribution is -2.39. The van der Waals surface area contributed by atoms with Gasteiger partial charge in [-0.15, -0.1) is 15.0 Å². The highest BCUT2D eigenvalue weighted by molar-refractivity contribution is 5.80. The lowest BCUT2D eigenvalue weighted by atomic mass is 9.77. The van der Waals surface area contributed by atoms with Crippen molar-refractivity contribution in [3.8, 4) is 22.5 Å². The molecule has 0 aliphatic carbocycles. The van der Waals surface area contributed by atoms with Crippen molar-refractivity contribution < 1.29 is 5.11 Å². The predicted molar refractivity (Wildman–Crippen MR) is 213 cm³/mol. The van der Waals surface area contributed by atoms with Crippen LogP contribution in [-0.4, -0.2) is 46.3 Å². The molecule has 54 heavy (non-hydrogen) atoms. The topological polar surface area (TPSA) is 104 Å². The lowest BCUT2D eigenvalue weighted by Gasteiger charge is -2.34. The Hall–Kier alpha value is -5.93.